The van der Waals surface area contributed by atoms with Gasteiger partial charge < -0.3 is 14.4 Å². The van der Waals surface area contributed by atoms with Crippen molar-refractivity contribution in [3.05, 3.63) is 63.7 Å². The molecule has 3 aromatic rings. The largest absolute Gasteiger partial charge is 0.497 e. The summed E-state index contributed by atoms with van der Waals surface area (Å²) in [5.74, 6) is 0.633. The van der Waals surface area contributed by atoms with E-state index in [1.54, 1.807) is 34.8 Å². The number of aromatic nitrogens is 2. The molecule has 35 heavy (non-hydrogen) atoms. The van der Waals surface area contributed by atoms with Crippen molar-refractivity contribution in [2.75, 3.05) is 25.2 Å². The highest BCUT2D eigenvalue weighted by Gasteiger charge is 2.24. The lowest BCUT2D eigenvalue weighted by molar-refractivity contribution is -0.121. The summed E-state index contributed by atoms with van der Waals surface area (Å²) in [6, 6.07) is 10.4. The second kappa shape index (κ2) is 9.90. The average Bonchev–Trinajstić information content (AvgIpc) is 2.87. The number of carbonyl (C=O) groups excluding carboxylic acids is 2. The first kappa shape index (κ1) is 23.1. The van der Waals surface area contributed by atoms with E-state index in [0.29, 0.717) is 24.0 Å². The van der Waals surface area contributed by atoms with E-state index < -0.39 is 5.97 Å². The van der Waals surface area contributed by atoms with Gasteiger partial charge in [-0.15, -0.1) is 0 Å². The van der Waals surface area contributed by atoms with Crippen LogP contribution in [0.1, 0.15) is 53.8 Å². The third-order valence-corrected chi connectivity index (χ3v) is 6.84. The van der Waals surface area contributed by atoms with Gasteiger partial charge in [-0.25, -0.2) is 9.78 Å². The number of carbonyl (C=O) groups is 2. The summed E-state index contributed by atoms with van der Waals surface area (Å²) in [6.07, 6.45) is 6.65. The smallest absolute Gasteiger partial charge is 0.338 e. The van der Waals surface area contributed by atoms with Gasteiger partial charge in [0, 0.05) is 25.2 Å². The Hall–Kier alpha value is -3.68. The highest BCUT2D eigenvalue weighted by atomic mass is 16.5. The van der Waals surface area contributed by atoms with Crippen molar-refractivity contribution in [3.63, 3.8) is 0 Å². The zero-order chi connectivity index (χ0) is 24.4. The molecule has 1 aromatic heterocycles. The number of methoxy groups -OCH3 is 1. The van der Waals surface area contributed by atoms with E-state index in [4.69, 9.17) is 14.5 Å². The predicted octanol–water partition coefficient (Wildman–Crippen LogP) is 3.66. The first-order valence-electron chi connectivity index (χ1n) is 12.2. The molecule has 8 heteroatoms. The van der Waals surface area contributed by atoms with E-state index in [-0.39, 0.29) is 23.6 Å². The number of hydrogen-bond donors (Lipinski definition) is 0. The Morgan fingerprint density at radius 1 is 0.971 bits per heavy atom. The average molecular weight is 476 g/mol. The summed E-state index contributed by atoms with van der Waals surface area (Å²) in [5.41, 5.74) is 2.56. The fraction of sp³-hybridized carbons (Fsp3) is 0.407. The van der Waals surface area contributed by atoms with E-state index in [0.717, 1.165) is 67.8 Å². The minimum atomic E-state index is -0.610. The van der Waals surface area contributed by atoms with Gasteiger partial charge in [-0.3, -0.25) is 14.2 Å². The van der Waals surface area contributed by atoms with Crippen molar-refractivity contribution < 1.29 is 19.1 Å². The summed E-state index contributed by atoms with van der Waals surface area (Å²) in [6.45, 7) is 0.892. The van der Waals surface area contributed by atoms with E-state index in [9.17, 15) is 14.4 Å². The summed E-state index contributed by atoms with van der Waals surface area (Å²) >= 11 is 0. The quantitative estimate of drug-likeness (QED) is 0.535. The molecular weight excluding hydrogens is 446 g/mol. The van der Waals surface area contributed by atoms with Crippen LogP contribution in [0.5, 0.6) is 5.75 Å². The molecule has 0 radical (unpaired) electrons. The molecule has 0 atom stereocenters. The zero-order valence-electron chi connectivity index (χ0n) is 19.9. The van der Waals surface area contributed by atoms with Crippen LogP contribution in [0.3, 0.4) is 0 Å². The standard InChI is InChI=1S/C27H29N3O5/c1-34-20-10-12-23-18(15-20)7-6-14-29(23)25(31)17-35-27(33)19-9-11-21-22(16-19)28-24-8-4-2-3-5-13-30(24)26(21)32/h9-12,15-16H,2-8,13-14,17H2,1H3. The van der Waals surface area contributed by atoms with Crippen LogP contribution in [0.4, 0.5) is 5.69 Å². The number of nitrogens with zero attached hydrogens (tertiary/aromatic N) is 3. The maximum Gasteiger partial charge on any atom is 0.338 e. The van der Waals surface area contributed by atoms with Crippen LogP contribution < -0.4 is 15.2 Å². The predicted molar refractivity (Wildman–Crippen MR) is 132 cm³/mol. The van der Waals surface area contributed by atoms with Crippen LogP contribution in [-0.2, 0) is 28.9 Å². The highest BCUT2D eigenvalue weighted by Crippen LogP contribution is 2.30. The van der Waals surface area contributed by atoms with Gasteiger partial charge >= 0.3 is 5.97 Å². The topological polar surface area (TPSA) is 90.7 Å². The summed E-state index contributed by atoms with van der Waals surface area (Å²) in [4.78, 5) is 45.0. The lowest BCUT2D eigenvalue weighted by Gasteiger charge is -2.29. The van der Waals surface area contributed by atoms with Crippen molar-refractivity contribution in [1.82, 2.24) is 9.55 Å². The maximum atomic E-state index is 13.0. The molecule has 3 heterocycles. The molecule has 0 saturated heterocycles. The molecule has 0 bridgehead atoms. The van der Waals surface area contributed by atoms with E-state index >= 15 is 0 Å². The van der Waals surface area contributed by atoms with Gasteiger partial charge in [0.05, 0.1) is 23.6 Å². The van der Waals surface area contributed by atoms with Gasteiger partial charge in [-0.1, -0.05) is 12.8 Å². The molecule has 5 rings (SSSR count). The van der Waals surface area contributed by atoms with E-state index in [1.165, 1.54) is 0 Å². The molecule has 0 fully saturated rings. The van der Waals surface area contributed by atoms with Crippen LogP contribution in [-0.4, -0.2) is 41.7 Å². The molecule has 2 aliphatic rings. The van der Waals surface area contributed by atoms with Gasteiger partial charge in [-0.05, 0) is 67.6 Å². The van der Waals surface area contributed by atoms with Crippen LogP contribution >= 0.6 is 0 Å². The summed E-state index contributed by atoms with van der Waals surface area (Å²) in [5, 5.41) is 0.488. The van der Waals surface area contributed by atoms with Gasteiger partial charge in [-0.2, -0.15) is 0 Å². The van der Waals surface area contributed by atoms with Gasteiger partial charge in [0.1, 0.15) is 11.6 Å². The molecule has 182 valence electrons. The number of esters is 1. The van der Waals surface area contributed by atoms with E-state index in [2.05, 4.69) is 0 Å². The normalized spacial score (nSPS) is 15.5. The van der Waals surface area contributed by atoms with E-state index in [1.807, 2.05) is 18.2 Å². The number of rotatable bonds is 4. The number of hydrogen-bond acceptors (Lipinski definition) is 6. The minimum absolute atomic E-state index is 0.0672. The van der Waals surface area contributed by atoms with Crippen molar-refractivity contribution in [2.45, 2.75) is 51.5 Å². The van der Waals surface area contributed by atoms with Crippen LogP contribution in [0.2, 0.25) is 0 Å². The number of fused-ring (bicyclic) bond motifs is 3. The van der Waals surface area contributed by atoms with Gasteiger partial charge in [0.25, 0.3) is 11.5 Å². The molecular formula is C27H29N3O5. The summed E-state index contributed by atoms with van der Waals surface area (Å²) in [7, 11) is 1.61. The first-order chi connectivity index (χ1) is 17.0. The number of amides is 1. The summed E-state index contributed by atoms with van der Waals surface area (Å²) < 4.78 is 12.4. The first-order valence-corrected chi connectivity index (χ1v) is 12.2. The van der Waals surface area contributed by atoms with Gasteiger partial charge in [0.15, 0.2) is 6.61 Å². The van der Waals surface area contributed by atoms with Crippen molar-refractivity contribution in [2.24, 2.45) is 0 Å². The second-order valence-corrected chi connectivity index (χ2v) is 9.10. The molecule has 0 spiro atoms. The van der Waals surface area contributed by atoms with Gasteiger partial charge in [0.2, 0.25) is 0 Å². The number of aryl methyl sites for hydroxylation is 2. The number of benzene rings is 2. The Labute approximate surface area is 203 Å². The molecule has 8 nitrogen and oxygen atoms in total. The lowest BCUT2D eigenvalue weighted by atomic mass is 10.0. The molecule has 0 aliphatic carbocycles. The Bertz CT molecular complexity index is 1350. The fourth-order valence-electron chi connectivity index (χ4n) is 4.97. The second-order valence-electron chi connectivity index (χ2n) is 9.10. The maximum absolute atomic E-state index is 13.0. The van der Waals surface area contributed by atoms with Crippen LogP contribution in [0, 0.1) is 0 Å². The van der Waals surface area contributed by atoms with Crippen molar-refractivity contribution in [1.29, 1.82) is 0 Å². The zero-order valence-corrected chi connectivity index (χ0v) is 19.9. The monoisotopic (exact) mass is 475 g/mol. The third kappa shape index (κ3) is 4.65. The molecule has 2 aromatic carbocycles. The Kier molecular flexibility index (Phi) is 6.53. The molecule has 0 saturated carbocycles. The Morgan fingerprint density at radius 3 is 2.69 bits per heavy atom. The van der Waals surface area contributed by atoms with Crippen LogP contribution in [0.25, 0.3) is 10.9 Å². The Morgan fingerprint density at radius 2 is 1.83 bits per heavy atom. The molecule has 0 unspecified atom stereocenters. The van der Waals surface area contributed by atoms with Crippen molar-refractivity contribution >= 4 is 28.5 Å². The molecule has 2 aliphatic heterocycles. The van der Waals surface area contributed by atoms with Crippen LogP contribution in [0.15, 0.2) is 41.2 Å². The lowest BCUT2D eigenvalue weighted by Crippen LogP contribution is -2.38. The number of anilines is 1. The highest BCUT2D eigenvalue weighted by molar-refractivity contribution is 5.99. The molecule has 0 N–H and O–H groups in total. The van der Waals surface area contributed by atoms with Crippen molar-refractivity contribution in [3.8, 4) is 5.75 Å². The Balaban J connectivity index is 1.32. The SMILES string of the molecule is COc1ccc2c(c1)CCCN2C(=O)COC(=O)c1ccc2c(=O)n3c(nc2c1)CCCCCC3. The minimum Gasteiger partial charge on any atom is -0.497 e. The fourth-order valence-corrected chi connectivity index (χ4v) is 4.97. The molecule has 1 amide bonds. The third-order valence-electron chi connectivity index (χ3n) is 6.84. The number of ether oxygens (including phenoxy) is 2.